The molecule has 1 amide bonds. The zero-order chi connectivity index (χ0) is 14.3. The van der Waals surface area contributed by atoms with E-state index in [1.165, 1.54) is 12.8 Å². The maximum Gasteiger partial charge on any atom is 0.237 e. The number of thioether (sulfide) groups is 1. The molecule has 0 radical (unpaired) electrons. The molecule has 0 saturated carbocycles. The highest BCUT2D eigenvalue weighted by molar-refractivity contribution is 8.00. The van der Waals surface area contributed by atoms with Crippen LogP contribution < -0.4 is 10.6 Å². The summed E-state index contributed by atoms with van der Waals surface area (Å²) in [5.41, 5.74) is 0. The first-order chi connectivity index (χ1) is 9.10. The van der Waals surface area contributed by atoms with Gasteiger partial charge < -0.3 is 10.6 Å². The summed E-state index contributed by atoms with van der Waals surface area (Å²) < 4.78 is 0.203. The number of carbonyl (C=O) groups excluding carboxylic acids is 1. The van der Waals surface area contributed by atoms with E-state index in [0.29, 0.717) is 5.92 Å². The van der Waals surface area contributed by atoms with Crippen LogP contribution in [-0.4, -0.2) is 36.0 Å². The fourth-order valence-corrected chi connectivity index (χ4v) is 3.59. The highest BCUT2D eigenvalue weighted by atomic mass is 32.2. The van der Waals surface area contributed by atoms with Crippen molar-refractivity contribution >= 4 is 17.7 Å². The second-order valence-corrected chi connectivity index (χ2v) is 6.89. The zero-order valence-corrected chi connectivity index (χ0v) is 13.7. The smallest absolute Gasteiger partial charge is 0.237 e. The van der Waals surface area contributed by atoms with Crippen LogP contribution in [0.4, 0.5) is 0 Å². The number of amides is 1. The largest absolute Gasteiger partial charge is 0.353 e. The third-order valence-corrected chi connectivity index (χ3v) is 6.30. The van der Waals surface area contributed by atoms with Crippen LogP contribution in [0.1, 0.15) is 52.9 Å². The lowest BCUT2D eigenvalue weighted by atomic mass is 9.90. The summed E-state index contributed by atoms with van der Waals surface area (Å²) in [6.07, 6.45) is 7.72. The van der Waals surface area contributed by atoms with Crippen molar-refractivity contribution in [3.8, 4) is 0 Å². The zero-order valence-electron chi connectivity index (χ0n) is 12.9. The van der Waals surface area contributed by atoms with Gasteiger partial charge in [0.25, 0.3) is 0 Å². The van der Waals surface area contributed by atoms with Gasteiger partial charge in [-0.3, -0.25) is 4.79 Å². The second kappa shape index (κ2) is 8.15. The number of hydrogen-bond donors (Lipinski definition) is 2. The van der Waals surface area contributed by atoms with Crippen LogP contribution in [0.3, 0.4) is 0 Å². The molecule has 1 rings (SSSR count). The molecule has 1 heterocycles. The topological polar surface area (TPSA) is 41.1 Å². The minimum Gasteiger partial charge on any atom is -0.353 e. The molecule has 3 nitrogen and oxygen atoms in total. The molecule has 2 N–H and O–H groups in total. The third-order valence-electron chi connectivity index (χ3n) is 4.71. The summed E-state index contributed by atoms with van der Waals surface area (Å²) in [7, 11) is 0. The molecule has 1 saturated heterocycles. The van der Waals surface area contributed by atoms with Crippen LogP contribution in [0.15, 0.2) is 0 Å². The molecular weight excluding hydrogens is 256 g/mol. The van der Waals surface area contributed by atoms with E-state index in [9.17, 15) is 4.79 Å². The molecule has 0 aromatic carbocycles. The Morgan fingerprint density at radius 2 is 2.05 bits per heavy atom. The molecular formula is C15H30N2OS. The predicted molar refractivity (Wildman–Crippen MR) is 84.6 cm³/mol. The Labute approximate surface area is 122 Å². The van der Waals surface area contributed by atoms with E-state index in [2.05, 4.69) is 37.7 Å². The molecule has 0 bridgehead atoms. The van der Waals surface area contributed by atoms with E-state index in [0.717, 1.165) is 32.4 Å². The van der Waals surface area contributed by atoms with Crippen LogP contribution >= 0.6 is 11.8 Å². The van der Waals surface area contributed by atoms with Crippen molar-refractivity contribution in [3.05, 3.63) is 0 Å². The normalized spacial score (nSPS) is 24.2. The Morgan fingerprint density at radius 3 is 2.58 bits per heavy atom. The molecule has 19 heavy (non-hydrogen) atoms. The maximum atomic E-state index is 12.3. The highest BCUT2D eigenvalue weighted by Gasteiger charge is 2.29. The highest BCUT2D eigenvalue weighted by Crippen LogP contribution is 2.29. The van der Waals surface area contributed by atoms with Crippen LogP contribution in [0, 0.1) is 5.92 Å². The monoisotopic (exact) mass is 286 g/mol. The quantitative estimate of drug-likeness (QED) is 0.756. The van der Waals surface area contributed by atoms with Gasteiger partial charge in [-0.15, -0.1) is 0 Å². The summed E-state index contributed by atoms with van der Waals surface area (Å²) in [5, 5.41) is 6.52. The summed E-state index contributed by atoms with van der Waals surface area (Å²) in [6.45, 7) is 8.40. The lowest BCUT2D eigenvalue weighted by Crippen LogP contribution is -2.51. The number of nitrogens with one attached hydrogen (secondary N) is 2. The molecule has 0 aromatic heterocycles. The lowest BCUT2D eigenvalue weighted by molar-refractivity contribution is -0.124. The van der Waals surface area contributed by atoms with Gasteiger partial charge in [0.1, 0.15) is 0 Å². The Balaban J connectivity index is 2.46. The molecule has 0 aromatic rings. The Morgan fingerprint density at radius 1 is 1.37 bits per heavy atom. The van der Waals surface area contributed by atoms with Crippen LogP contribution in [0.25, 0.3) is 0 Å². The molecule has 4 heteroatoms. The van der Waals surface area contributed by atoms with Crippen LogP contribution in [0.5, 0.6) is 0 Å². The average molecular weight is 286 g/mol. The van der Waals surface area contributed by atoms with Crippen LogP contribution in [0.2, 0.25) is 0 Å². The molecule has 1 aliphatic heterocycles. The van der Waals surface area contributed by atoms with Crippen molar-refractivity contribution in [2.24, 2.45) is 5.92 Å². The van der Waals surface area contributed by atoms with E-state index in [1.54, 1.807) is 0 Å². The van der Waals surface area contributed by atoms with E-state index in [-0.39, 0.29) is 16.7 Å². The van der Waals surface area contributed by atoms with Gasteiger partial charge in [-0.1, -0.05) is 27.2 Å². The van der Waals surface area contributed by atoms with Crippen molar-refractivity contribution in [1.29, 1.82) is 0 Å². The minimum absolute atomic E-state index is 0.0203. The summed E-state index contributed by atoms with van der Waals surface area (Å²) in [6, 6.07) is 0.0203. The fraction of sp³-hybridized carbons (Fsp3) is 0.933. The average Bonchev–Trinajstić information content (AvgIpc) is 2.49. The first kappa shape index (κ1) is 16.8. The van der Waals surface area contributed by atoms with Crippen molar-refractivity contribution < 1.29 is 4.79 Å². The lowest BCUT2D eigenvalue weighted by Gasteiger charge is -2.33. The first-order valence-corrected chi connectivity index (χ1v) is 8.89. The Bertz CT molecular complexity index is 271. The number of piperidine rings is 1. The summed E-state index contributed by atoms with van der Waals surface area (Å²) in [5.74, 6) is 0.901. The van der Waals surface area contributed by atoms with E-state index in [1.807, 2.05) is 11.8 Å². The van der Waals surface area contributed by atoms with Gasteiger partial charge in [0.05, 0.1) is 6.04 Å². The number of hydrogen-bond acceptors (Lipinski definition) is 3. The predicted octanol–water partition coefficient (Wildman–Crippen LogP) is 2.80. The third kappa shape index (κ3) is 4.67. The standard InChI is InChI=1S/C15H30N2OS/c1-5-12-8-9-16-13(10-12)14(18)17-11-15(6-2,7-3)19-4/h12-13,16H,5-11H2,1-4H3,(H,17,18). The summed E-state index contributed by atoms with van der Waals surface area (Å²) in [4.78, 5) is 12.3. The van der Waals surface area contributed by atoms with E-state index >= 15 is 0 Å². The second-order valence-electron chi connectivity index (χ2n) is 5.62. The van der Waals surface area contributed by atoms with Gasteiger partial charge in [-0.25, -0.2) is 0 Å². The molecule has 0 aliphatic carbocycles. The van der Waals surface area contributed by atoms with Gasteiger partial charge in [0.2, 0.25) is 5.91 Å². The van der Waals surface area contributed by atoms with Gasteiger partial charge >= 0.3 is 0 Å². The number of carbonyl (C=O) groups is 1. The van der Waals surface area contributed by atoms with Gasteiger partial charge in [0.15, 0.2) is 0 Å². The van der Waals surface area contributed by atoms with Crippen molar-refractivity contribution in [2.75, 3.05) is 19.3 Å². The number of rotatable bonds is 7. The molecule has 1 aliphatic rings. The van der Waals surface area contributed by atoms with Crippen molar-refractivity contribution in [3.63, 3.8) is 0 Å². The maximum absolute atomic E-state index is 12.3. The van der Waals surface area contributed by atoms with E-state index in [4.69, 9.17) is 0 Å². The molecule has 2 atom stereocenters. The van der Waals surface area contributed by atoms with Gasteiger partial charge in [0, 0.05) is 11.3 Å². The fourth-order valence-electron chi connectivity index (χ4n) is 2.80. The summed E-state index contributed by atoms with van der Waals surface area (Å²) >= 11 is 1.88. The molecule has 2 unspecified atom stereocenters. The van der Waals surface area contributed by atoms with Crippen LogP contribution in [-0.2, 0) is 4.79 Å². The van der Waals surface area contributed by atoms with Crippen molar-refractivity contribution in [1.82, 2.24) is 10.6 Å². The molecule has 112 valence electrons. The van der Waals surface area contributed by atoms with Crippen molar-refractivity contribution in [2.45, 2.75) is 63.7 Å². The first-order valence-electron chi connectivity index (χ1n) is 7.67. The molecule has 1 fully saturated rings. The Hall–Kier alpha value is -0.220. The van der Waals surface area contributed by atoms with Gasteiger partial charge in [-0.2, -0.15) is 11.8 Å². The SMILES string of the molecule is CCC1CCNC(C(=O)NCC(CC)(CC)SC)C1. The molecule has 0 spiro atoms. The Kier molecular flexibility index (Phi) is 7.22. The van der Waals surface area contributed by atoms with E-state index < -0.39 is 0 Å². The minimum atomic E-state index is 0.0203. The van der Waals surface area contributed by atoms with Gasteiger partial charge in [-0.05, 0) is 44.4 Å².